The number of carbonyl (C=O) groups is 1. The van der Waals surface area contributed by atoms with Crippen LogP contribution in [0, 0.1) is 10.1 Å². The number of nitro groups is 1. The average molecular weight is 223 g/mol. The first-order chi connectivity index (χ1) is 7.56. The van der Waals surface area contributed by atoms with E-state index in [1.54, 1.807) is 12.1 Å². The smallest absolute Gasteiger partial charge is 0.302 e. The number of benzene rings is 1. The van der Waals surface area contributed by atoms with Gasteiger partial charge in [0.15, 0.2) is 0 Å². The summed E-state index contributed by atoms with van der Waals surface area (Å²) < 4.78 is 4.82. The van der Waals surface area contributed by atoms with Gasteiger partial charge in [-0.3, -0.25) is 14.9 Å². The molecule has 0 aliphatic heterocycles. The van der Waals surface area contributed by atoms with Crippen molar-refractivity contribution < 1.29 is 14.5 Å². The Balaban J connectivity index is 3.09. The summed E-state index contributed by atoms with van der Waals surface area (Å²) in [4.78, 5) is 21.0. The summed E-state index contributed by atoms with van der Waals surface area (Å²) in [6.07, 6.45) is 0.665. The van der Waals surface area contributed by atoms with Gasteiger partial charge in [0.1, 0.15) is 6.61 Å². The van der Waals surface area contributed by atoms with Gasteiger partial charge in [-0.25, -0.2) is 0 Å². The van der Waals surface area contributed by atoms with Gasteiger partial charge in [-0.05, 0) is 12.0 Å². The number of hydrogen-bond donors (Lipinski definition) is 0. The third kappa shape index (κ3) is 2.79. The van der Waals surface area contributed by atoms with Crippen LogP contribution >= 0.6 is 0 Å². The van der Waals surface area contributed by atoms with E-state index in [2.05, 4.69) is 0 Å². The molecule has 0 saturated heterocycles. The fourth-order valence-electron chi connectivity index (χ4n) is 1.46. The minimum atomic E-state index is -0.460. The quantitative estimate of drug-likeness (QED) is 0.446. The lowest BCUT2D eigenvalue weighted by atomic mass is 10.0. The minimum absolute atomic E-state index is 0.000556. The number of esters is 1. The molecule has 0 fully saturated rings. The van der Waals surface area contributed by atoms with Crippen LogP contribution in [-0.4, -0.2) is 10.9 Å². The van der Waals surface area contributed by atoms with Crippen LogP contribution in [0.15, 0.2) is 18.2 Å². The fourth-order valence-corrected chi connectivity index (χ4v) is 1.46. The first-order valence-electron chi connectivity index (χ1n) is 4.94. The van der Waals surface area contributed by atoms with Crippen molar-refractivity contribution in [1.82, 2.24) is 0 Å². The van der Waals surface area contributed by atoms with Gasteiger partial charge in [0.2, 0.25) is 0 Å². The van der Waals surface area contributed by atoms with Crippen LogP contribution in [0.2, 0.25) is 0 Å². The molecular weight excluding hydrogens is 210 g/mol. The van der Waals surface area contributed by atoms with Crippen LogP contribution in [0.4, 0.5) is 5.69 Å². The number of carbonyl (C=O) groups excluding carboxylic acids is 1. The first kappa shape index (κ1) is 12.2. The monoisotopic (exact) mass is 223 g/mol. The molecule has 1 rings (SSSR count). The molecule has 1 aromatic carbocycles. The fraction of sp³-hybridized carbons (Fsp3) is 0.364. The van der Waals surface area contributed by atoms with Crippen LogP contribution in [0.1, 0.15) is 25.0 Å². The van der Waals surface area contributed by atoms with Crippen LogP contribution in [-0.2, 0) is 22.6 Å². The van der Waals surface area contributed by atoms with Crippen LogP contribution in [0.25, 0.3) is 0 Å². The van der Waals surface area contributed by atoms with Crippen LogP contribution in [0.5, 0.6) is 0 Å². The van der Waals surface area contributed by atoms with Crippen molar-refractivity contribution in [2.24, 2.45) is 0 Å². The second kappa shape index (κ2) is 5.25. The van der Waals surface area contributed by atoms with Gasteiger partial charge in [-0.1, -0.05) is 19.1 Å². The molecule has 0 saturated carbocycles. The standard InChI is InChI=1S/C11H13NO4/c1-3-9-5-4-6-11(12(14)15)10(9)7-16-8(2)13/h4-6H,3,7H2,1-2H3. The highest BCUT2D eigenvalue weighted by atomic mass is 16.6. The van der Waals surface area contributed by atoms with Gasteiger partial charge in [0.25, 0.3) is 5.69 Å². The van der Waals surface area contributed by atoms with E-state index in [4.69, 9.17) is 4.74 Å². The number of hydrogen-bond acceptors (Lipinski definition) is 4. The molecular formula is C11H13NO4. The van der Waals surface area contributed by atoms with Crippen molar-refractivity contribution in [2.45, 2.75) is 26.9 Å². The van der Waals surface area contributed by atoms with Crippen molar-refractivity contribution in [3.8, 4) is 0 Å². The zero-order chi connectivity index (χ0) is 12.1. The van der Waals surface area contributed by atoms with E-state index in [0.717, 1.165) is 5.56 Å². The minimum Gasteiger partial charge on any atom is -0.461 e. The molecule has 0 spiro atoms. The van der Waals surface area contributed by atoms with Crippen molar-refractivity contribution in [2.75, 3.05) is 0 Å². The normalized spacial score (nSPS) is 9.88. The topological polar surface area (TPSA) is 69.4 Å². The van der Waals surface area contributed by atoms with E-state index < -0.39 is 10.9 Å². The summed E-state index contributed by atoms with van der Waals surface area (Å²) in [5.41, 5.74) is 1.31. The van der Waals surface area contributed by atoms with Crippen molar-refractivity contribution in [3.05, 3.63) is 39.4 Å². The van der Waals surface area contributed by atoms with Gasteiger partial charge in [-0.2, -0.15) is 0 Å². The maximum absolute atomic E-state index is 10.8. The van der Waals surface area contributed by atoms with Crippen molar-refractivity contribution in [3.63, 3.8) is 0 Å². The molecule has 5 nitrogen and oxygen atoms in total. The molecule has 0 bridgehead atoms. The molecule has 0 aliphatic carbocycles. The summed E-state index contributed by atoms with van der Waals surface area (Å²) in [6, 6.07) is 4.85. The van der Waals surface area contributed by atoms with E-state index in [-0.39, 0.29) is 12.3 Å². The average Bonchev–Trinajstić information content (AvgIpc) is 2.25. The second-order valence-electron chi connectivity index (χ2n) is 3.31. The summed E-state index contributed by atoms with van der Waals surface area (Å²) >= 11 is 0. The van der Waals surface area contributed by atoms with E-state index in [9.17, 15) is 14.9 Å². The number of nitro benzene ring substituents is 1. The first-order valence-corrected chi connectivity index (χ1v) is 4.94. The van der Waals surface area contributed by atoms with Gasteiger partial charge >= 0.3 is 5.97 Å². The molecule has 0 amide bonds. The zero-order valence-electron chi connectivity index (χ0n) is 9.23. The predicted octanol–water partition coefficient (Wildman–Crippen LogP) is 2.22. The summed E-state index contributed by atoms with van der Waals surface area (Å²) in [5.74, 6) is -0.444. The highest BCUT2D eigenvalue weighted by molar-refractivity contribution is 5.66. The van der Waals surface area contributed by atoms with E-state index in [1.807, 2.05) is 6.92 Å². The summed E-state index contributed by atoms with van der Waals surface area (Å²) in [7, 11) is 0. The summed E-state index contributed by atoms with van der Waals surface area (Å²) in [5, 5.41) is 10.8. The largest absolute Gasteiger partial charge is 0.461 e. The number of ether oxygens (including phenoxy) is 1. The van der Waals surface area contributed by atoms with Crippen molar-refractivity contribution in [1.29, 1.82) is 0 Å². The molecule has 0 atom stereocenters. The molecule has 0 N–H and O–H groups in total. The zero-order valence-corrected chi connectivity index (χ0v) is 9.23. The van der Waals surface area contributed by atoms with Gasteiger partial charge in [0.05, 0.1) is 10.5 Å². The Hall–Kier alpha value is -1.91. The van der Waals surface area contributed by atoms with E-state index >= 15 is 0 Å². The number of aryl methyl sites for hydroxylation is 1. The van der Waals surface area contributed by atoms with E-state index in [0.29, 0.717) is 12.0 Å². The lowest BCUT2D eigenvalue weighted by Gasteiger charge is -2.08. The molecule has 86 valence electrons. The maximum atomic E-state index is 10.8. The molecule has 0 aliphatic rings. The SMILES string of the molecule is CCc1cccc([N+](=O)[O-])c1COC(C)=O. The lowest BCUT2D eigenvalue weighted by molar-refractivity contribution is -0.385. The van der Waals surface area contributed by atoms with Gasteiger partial charge in [0, 0.05) is 13.0 Å². The third-order valence-corrected chi connectivity index (χ3v) is 2.25. The number of nitrogens with zero attached hydrogens (tertiary/aromatic N) is 1. The lowest BCUT2D eigenvalue weighted by Crippen LogP contribution is -2.05. The van der Waals surface area contributed by atoms with Crippen molar-refractivity contribution >= 4 is 11.7 Å². The molecule has 1 aromatic rings. The third-order valence-electron chi connectivity index (χ3n) is 2.25. The molecule has 5 heteroatoms. The van der Waals surface area contributed by atoms with Gasteiger partial charge in [-0.15, -0.1) is 0 Å². The number of rotatable bonds is 4. The maximum Gasteiger partial charge on any atom is 0.302 e. The molecule has 0 unspecified atom stereocenters. The second-order valence-corrected chi connectivity index (χ2v) is 3.31. The Morgan fingerprint density at radius 1 is 1.50 bits per heavy atom. The molecule has 0 aromatic heterocycles. The highest BCUT2D eigenvalue weighted by Gasteiger charge is 2.17. The Kier molecular flexibility index (Phi) is 3.99. The van der Waals surface area contributed by atoms with E-state index in [1.165, 1.54) is 13.0 Å². The van der Waals surface area contributed by atoms with Gasteiger partial charge < -0.3 is 4.74 Å². The molecule has 0 radical (unpaired) electrons. The Labute approximate surface area is 93.2 Å². The van der Waals surface area contributed by atoms with Crippen LogP contribution < -0.4 is 0 Å². The molecule has 0 heterocycles. The Morgan fingerprint density at radius 3 is 2.69 bits per heavy atom. The predicted molar refractivity (Wildman–Crippen MR) is 57.9 cm³/mol. The summed E-state index contributed by atoms with van der Waals surface area (Å²) in [6.45, 7) is 3.13. The van der Waals surface area contributed by atoms with Crippen LogP contribution in [0.3, 0.4) is 0 Å². The molecule has 16 heavy (non-hydrogen) atoms. The highest BCUT2D eigenvalue weighted by Crippen LogP contribution is 2.23. The Bertz CT molecular complexity index is 414. The Morgan fingerprint density at radius 2 is 2.19 bits per heavy atom.